The number of methoxy groups -OCH3 is 5. The van der Waals surface area contributed by atoms with Crippen LogP contribution in [0.2, 0.25) is 0 Å². The van der Waals surface area contributed by atoms with Gasteiger partial charge in [-0.3, -0.25) is 0 Å². The van der Waals surface area contributed by atoms with Gasteiger partial charge in [0.1, 0.15) is 5.69 Å². The van der Waals surface area contributed by atoms with Crippen LogP contribution in [0.4, 0.5) is 0 Å². The number of aromatic nitrogens is 1. The Labute approximate surface area is 173 Å². The molecule has 0 atom stereocenters. The molecule has 2 N–H and O–H groups in total. The molecule has 0 saturated carbocycles. The number of hydrogen-bond donors (Lipinski definition) is 2. The predicted octanol–water partition coefficient (Wildman–Crippen LogP) is 3.88. The second-order valence-electron chi connectivity index (χ2n) is 6.24. The van der Waals surface area contributed by atoms with Crippen molar-refractivity contribution in [3.05, 3.63) is 42.2 Å². The van der Waals surface area contributed by atoms with E-state index in [1.165, 1.54) is 35.5 Å². The molecule has 30 heavy (non-hydrogen) atoms. The molecule has 0 bridgehead atoms. The Morgan fingerprint density at radius 2 is 1.47 bits per heavy atom. The average molecular weight is 413 g/mol. The molecule has 2 aromatic carbocycles. The Morgan fingerprint density at radius 3 is 1.97 bits per heavy atom. The summed E-state index contributed by atoms with van der Waals surface area (Å²) in [4.78, 5) is 15.4. The molecular weight excluding hydrogens is 390 g/mol. The molecule has 0 aliphatic heterocycles. The van der Waals surface area contributed by atoms with Crippen molar-refractivity contribution in [3.63, 3.8) is 0 Å². The van der Waals surface area contributed by atoms with Crippen LogP contribution in [0.5, 0.6) is 28.7 Å². The van der Waals surface area contributed by atoms with E-state index in [9.17, 15) is 9.90 Å². The van der Waals surface area contributed by atoms with Crippen LogP contribution < -0.4 is 18.9 Å². The SMILES string of the molecule is COC(=O)c1[nH]cc(-c2ccc(OC)c(O)c2)c1-c1cc(OC)c(OC)c(OC)c1. The van der Waals surface area contributed by atoms with Gasteiger partial charge < -0.3 is 33.8 Å². The molecule has 0 unspecified atom stereocenters. The number of carbonyl (C=O) groups is 1. The molecule has 0 saturated heterocycles. The van der Waals surface area contributed by atoms with Gasteiger partial charge in [-0.2, -0.15) is 0 Å². The lowest BCUT2D eigenvalue weighted by Gasteiger charge is -2.15. The van der Waals surface area contributed by atoms with E-state index in [4.69, 9.17) is 23.7 Å². The predicted molar refractivity (Wildman–Crippen MR) is 111 cm³/mol. The van der Waals surface area contributed by atoms with Crippen molar-refractivity contribution in [1.29, 1.82) is 0 Å². The number of hydrogen-bond acceptors (Lipinski definition) is 7. The maximum Gasteiger partial charge on any atom is 0.355 e. The Morgan fingerprint density at radius 1 is 0.833 bits per heavy atom. The summed E-state index contributed by atoms with van der Waals surface area (Å²) in [7, 11) is 7.33. The van der Waals surface area contributed by atoms with Gasteiger partial charge in [0.05, 0.1) is 35.5 Å². The number of esters is 1. The fourth-order valence-corrected chi connectivity index (χ4v) is 3.30. The highest BCUT2D eigenvalue weighted by molar-refractivity contribution is 6.01. The Hall–Kier alpha value is -3.81. The summed E-state index contributed by atoms with van der Waals surface area (Å²) < 4.78 is 26.3. The van der Waals surface area contributed by atoms with Gasteiger partial charge in [0.15, 0.2) is 23.0 Å². The van der Waals surface area contributed by atoms with E-state index < -0.39 is 5.97 Å². The number of H-pyrrole nitrogens is 1. The molecule has 0 fully saturated rings. The third kappa shape index (κ3) is 3.59. The molecule has 0 amide bonds. The monoisotopic (exact) mass is 413 g/mol. The van der Waals surface area contributed by atoms with Gasteiger partial charge in [-0.05, 0) is 35.4 Å². The highest BCUT2D eigenvalue weighted by Crippen LogP contribution is 2.45. The van der Waals surface area contributed by atoms with Crippen LogP contribution in [0.1, 0.15) is 10.5 Å². The van der Waals surface area contributed by atoms with Gasteiger partial charge in [-0.25, -0.2) is 4.79 Å². The maximum atomic E-state index is 12.4. The van der Waals surface area contributed by atoms with E-state index in [0.717, 1.165) is 0 Å². The molecule has 0 radical (unpaired) electrons. The van der Waals surface area contributed by atoms with Crippen LogP contribution in [0.3, 0.4) is 0 Å². The average Bonchev–Trinajstić information content (AvgIpc) is 3.22. The molecule has 0 spiro atoms. The summed E-state index contributed by atoms with van der Waals surface area (Å²) in [5.41, 5.74) is 2.78. The van der Waals surface area contributed by atoms with Crippen LogP contribution in [-0.2, 0) is 4.74 Å². The summed E-state index contributed by atoms with van der Waals surface area (Å²) in [5, 5.41) is 10.2. The molecular formula is C22H23NO7. The minimum Gasteiger partial charge on any atom is -0.504 e. The molecule has 8 nitrogen and oxygen atoms in total. The number of benzene rings is 2. The number of aromatic hydroxyl groups is 1. The zero-order chi connectivity index (χ0) is 21.8. The standard InChI is InChI=1S/C22H23NO7/c1-26-16-7-6-12(8-15(16)24)14-11-23-20(22(25)30-5)19(14)13-9-17(27-2)21(29-4)18(10-13)28-3/h6-11,23-24H,1-5H3. The Bertz CT molecular complexity index is 1050. The molecule has 8 heteroatoms. The molecule has 3 rings (SSSR count). The van der Waals surface area contributed by atoms with Gasteiger partial charge in [0, 0.05) is 17.3 Å². The lowest BCUT2D eigenvalue weighted by molar-refractivity contribution is 0.0595. The Kier molecular flexibility index (Phi) is 6.06. The van der Waals surface area contributed by atoms with Gasteiger partial charge in [-0.15, -0.1) is 0 Å². The number of phenols is 1. The van der Waals surface area contributed by atoms with E-state index in [-0.39, 0.29) is 11.4 Å². The first kappa shape index (κ1) is 20.9. The van der Waals surface area contributed by atoms with Crippen molar-refractivity contribution < 1.29 is 33.6 Å². The molecule has 0 aliphatic carbocycles. The smallest absolute Gasteiger partial charge is 0.355 e. The van der Waals surface area contributed by atoms with Gasteiger partial charge in [-0.1, -0.05) is 6.07 Å². The van der Waals surface area contributed by atoms with Crippen LogP contribution in [0.15, 0.2) is 36.5 Å². The van der Waals surface area contributed by atoms with Crippen LogP contribution in [0.25, 0.3) is 22.3 Å². The summed E-state index contributed by atoms with van der Waals surface area (Å²) >= 11 is 0. The topological polar surface area (TPSA) is 99.2 Å². The summed E-state index contributed by atoms with van der Waals surface area (Å²) in [6.45, 7) is 0. The highest BCUT2D eigenvalue weighted by Gasteiger charge is 2.24. The number of ether oxygens (including phenoxy) is 5. The van der Waals surface area contributed by atoms with Crippen molar-refractivity contribution in [3.8, 4) is 51.0 Å². The van der Waals surface area contributed by atoms with Crippen molar-refractivity contribution in [2.75, 3.05) is 35.5 Å². The summed E-state index contributed by atoms with van der Waals surface area (Å²) in [5.74, 6) is 1.09. The normalized spacial score (nSPS) is 10.4. The molecule has 1 aromatic heterocycles. The molecule has 3 aromatic rings. The highest BCUT2D eigenvalue weighted by atomic mass is 16.5. The van der Waals surface area contributed by atoms with Crippen molar-refractivity contribution in [2.24, 2.45) is 0 Å². The maximum absolute atomic E-state index is 12.4. The fourth-order valence-electron chi connectivity index (χ4n) is 3.30. The number of aromatic amines is 1. The number of nitrogens with one attached hydrogen (secondary N) is 1. The fraction of sp³-hybridized carbons (Fsp3) is 0.227. The van der Waals surface area contributed by atoms with E-state index >= 15 is 0 Å². The lowest BCUT2D eigenvalue weighted by atomic mass is 9.95. The van der Waals surface area contributed by atoms with Crippen LogP contribution in [-0.4, -0.2) is 51.6 Å². The zero-order valence-electron chi connectivity index (χ0n) is 17.4. The third-order valence-electron chi connectivity index (χ3n) is 4.71. The number of carbonyl (C=O) groups excluding carboxylic acids is 1. The second-order valence-corrected chi connectivity index (χ2v) is 6.24. The van der Waals surface area contributed by atoms with E-state index in [1.807, 2.05) is 0 Å². The third-order valence-corrected chi connectivity index (χ3v) is 4.71. The van der Waals surface area contributed by atoms with Gasteiger partial charge >= 0.3 is 5.97 Å². The van der Waals surface area contributed by atoms with Gasteiger partial charge in [0.25, 0.3) is 0 Å². The van der Waals surface area contributed by atoms with Crippen molar-refractivity contribution >= 4 is 5.97 Å². The number of rotatable bonds is 7. The van der Waals surface area contributed by atoms with E-state index in [1.54, 1.807) is 36.5 Å². The first-order valence-corrected chi connectivity index (χ1v) is 8.96. The molecule has 158 valence electrons. The van der Waals surface area contributed by atoms with E-state index in [0.29, 0.717) is 45.3 Å². The quantitative estimate of drug-likeness (QED) is 0.567. The summed E-state index contributed by atoms with van der Waals surface area (Å²) in [6.07, 6.45) is 1.67. The van der Waals surface area contributed by atoms with E-state index in [2.05, 4.69) is 4.98 Å². The van der Waals surface area contributed by atoms with Crippen LogP contribution in [0, 0.1) is 0 Å². The first-order chi connectivity index (χ1) is 14.5. The largest absolute Gasteiger partial charge is 0.504 e. The second kappa shape index (κ2) is 8.69. The Balaban J connectivity index is 2.29. The first-order valence-electron chi connectivity index (χ1n) is 8.96. The lowest BCUT2D eigenvalue weighted by Crippen LogP contribution is -2.04. The molecule has 0 aliphatic rings. The molecule has 1 heterocycles. The van der Waals surface area contributed by atoms with Gasteiger partial charge in [0.2, 0.25) is 5.75 Å². The van der Waals surface area contributed by atoms with Crippen molar-refractivity contribution in [1.82, 2.24) is 4.98 Å². The minimum absolute atomic E-state index is 0.0216. The minimum atomic E-state index is -0.539. The zero-order valence-corrected chi connectivity index (χ0v) is 17.4. The number of phenolic OH excluding ortho intramolecular Hbond substituents is 1. The van der Waals surface area contributed by atoms with Crippen molar-refractivity contribution in [2.45, 2.75) is 0 Å². The summed E-state index contributed by atoms with van der Waals surface area (Å²) in [6, 6.07) is 8.47. The van der Waals surface area contributed by atoms with Crippen LogP contribution >= 0.6 is 0 Å².